The van der Waals surface area contributed by atoms with Gasteiger partial charge in [-0.15, -0.1) is 0 Å². The highest BCUT2D eigenvalue weighted by atomic mass is 16.3. The van der Waals surface area contributed by atoms with Crippen LogP contribution in [0.5, 0.6) is 5.75 Å². The van der Waals surface area contributed by atoms with Crippen LogP contribution < -0.4 is 10.6 Å². The molecule has 1 amide bonds. The molecule has 0 bridgehead atoms. The Hall–Kier alpha value is -3.11. The zero-order chi connectivity index (χ0) is 25.3. The standard InChI is InChI=1S/C24H28N2O8/c1-4-26(5-2)12-6-7-13(27)16-18(12)23(3,33)11-8-10-9-14(28)17(22(25)32)21(31)24(10,34)20(30)15(11)19(16)29/h6-7,10-11,15,17,27,33-34H,4-5,8-9H2,1-3H3,(H2,25,32)/t10-,11-,15?,17?,23-,24-/m0/s1. The molecule has 0 aliphatic heterocycles. The van der Waals surface area contributed by atoms with Crippen molar-refractivity contribution in [3.8, 4) is 5.75 Å². The van der Waals surface area contributed by atoms with Crippen LogP contribution in [0.4, 0.5) is 5.69 Å². The number of amides is 1. The fraction of sp³-hybridized carbons (Fsp3) is 0.542. The molecule has 34 heavy (non-hydrogen) atoms. The number of fused-ring (bicyclic) bond motifs is 3. The third kappa shape index (κ3) is 2.91. The summed E-state index contributed by atoms with van der Waals surface area (Å²) in [7, 11) is 0. The molecule has 6 atom stereocenters. The summed E-state index contributed by atoms with van der Waals surface area (Å²) in [5.41, 5.74) is 1.06. The number of rotatable bonds is 4. The van der Waals surface area contributed by atoms with Gasteiger partial charge in [0.2, 0.25) is 5.91 Å². The highest BCUT2D eigenvalue weighted by Gasteiger charge is 2.69. The molecule has 0 saturated heterocycles. The predicted octanol–water partition coefficient (Wildman–Crippen LogP) is -0.162. The summed E-state index contributed by atoms with van der Waals surface area (Å²) in [6.07, 6.45) is -0.660. The van der Waals surface area contributed by atoms with E-state index in [0.717, 1.165) is 0 Å². The van der Waals surface area contributed by atoms with Crippen molar-refractivity contribution in [2.75, 3.05) is 18.0 Å². The molecule has 10 nitrogen and oxygen atoms in total. The van der Waals surface area contributed by atoms with Crippen molar-refractivity contribution in [2.24, 2.45) is 29.4 Å². The molecule has 2 fully saturated rings. The zero-order valence-electron chi connectivity index (χ0n) is 19.2. The van der Waals surface area contributed by atoms with Crippen LogP contribution >= 0.6 is 0 Å². The van der Waals surface area contributed by atoms with Crippen molar-refractivity contribution in [1.29, 1.82) is 0 Å². The molecule has 0 radical (unpaired) electrons. The molecule has 2 unspecified atom stereocenters. The van der Waals surface area contributed by atoms with E-state index in [1.807, 2.05) is 18.7 Å². The minimum absolute atomic E-state index is 0.171. The number of ketones is 4. The molecular formula is C24H28N2O8. The second-order valence-corrected chi connectivity index (χ2v) is 9.56. The summed E-state index contributed by atoms with van der Waals surface area (Å²) < 4.78 is 0. The number of carbonyl (C=O) groups is 5. The lowest BCUT2D eigenvalue weighted by Crippen LogP contribution is -2.70. The molecular weight excluding hydrogens is 444 g/mol. The van der Waals surface area contributed by atoms with Crippen LogP contribution in [-0.4, -0.2) is 63.1 Å². The Kier molecular flexibility index (Phi) is 5.45. The maximum absolute atomic E-state index is 13.6. The summed E-state index contributed by atoms with van der Waals surface area (Å²) >= 11 is 0. The van der Waals surface area contributed by atoms with Crippen molar-refractivity contribution in [2.45, 2.75) is 44.8 Å². The Morgan fingerprint density at radius 3 is 2.29 bits per heavy atom. The average molecular weight is 472 g/mol. The van der Waals surface area contributed by atoms with Crippen LogP contribution in [-0.2, 0) is 24.8 Å². The molecule has 10 heteroatoms. The monoisotopic (exact) mass is 472 g/mol. The first kappa shape index (κ1) is 24.0. The molecule has 182 valence electrons. The molecule has 3 aliphatic carbocycles. The lowest BCUT2D eigenvalue weighted by molar-refractivity contribution is -0.182. The van der Waals surface area contributed by atoms with E-state index in [1.165, 1.54) is 13.0 Å². The van der Waals surface area contributed by atoms with Crippen molar-refractivity contribution >= 4 is 34.7 Å². The largest absolute Gasteiger partial charge is 0.507 e. The Balaban J connectivity index is 1.92. The third-order valence-electron chi connectivity index (χ3n) is 7.90. The predicted molar refractivity (Wildman–Crippen MR) is 118 cm³/mol. The number of hydrogen-bond acceptors (Lipinski definition) is 9. The SMILES string of the molecule is CCN(CC)c1ccc(O)c2c1[C@@](C)(O)[C@H]1C[C@H]3CC(=O)C(C(N)=O)C(=O)[C@@]3(O)C(=O)C1C2=O. The fourth-order valence-electron chi connectivity index (χ4n) is 6.17. The topological polar surface area (TPSA) is 175 Å². The number of nitrogens with two attached hydrogens (primary N) is 1. The second kappa shape index (κ2) is 7.71. The lowest BCUT2D eigenvalue weighted by Gasteiger charge is -2.53. The number of aromatic hydroxyl groups is 1. The normalized spacial score (nSPS) is 34.9. The third-order valence-corrected chi connectivity index (χ3v) is 7.90. The van der Waals surface area contributed by atoms with Gasteiger partial charge in [-0.25, -0.2) is 0 Å². The molecule has 1 aromatic carbocycles. The van der Waals surface area contributed by atoms with E-state index in [1.54, 1.807) is 6.07 Å². The zero-order valence-corrected chi connectivity index (χ0v) is 19.2. The van der Waals surface area contributed by atoms with Crippen LogP contribution in [0.2, 0.25) is 0 Å². The number of phenols is 1. The average Bonchev–Trinajstić information content (AvgIpc) is 2.75. The van der Waals surface area contributed by atoms with Crippen LogP contribution in [0.15, 0.2) is 12.1 Å². The molecule has 1 aromatic rings. The fourth-order valence-corrected chi connectivity index (χ4v) is 6.17. The lowest BCUT2D eigenvalue weighted by atomic mass is 9.50. The maximum Gasteiger partial charge on any atom is 0.235 e. The van der Waals surface area contributed by atoms with Gasteiger partial charge in [0.15, 0.2) is 34.7 Å². The maximum atomic E-state index is 13.6. The number of benzene rings is 1. The summed E-state index contributed by atoms with van der Waals surface area (Å²) in [4.78, 5) is 66.3. The molecule has 3 aliphatic rings. The van der Waals surface area contributed by atoms with Crippen molar-refractivity contribution in [3.05, 3.63) is 23.3 Å². The van der Waals surface area contributed by atoms with Crippen molar-refractivity contribution < 1.29 is 39.3 Å². The summed E-state index contributed by atoms with van der Waals surface area (Å²) in [6.45, 7) is 6.31. The van der Waals surface area contributed by atoms with E-state index < -0.39 is 76.1 Å². The van der Waals surface area contributed by atoms with E-state index in [2.05, 4.69) is 0 Å². The quantitative estimate of drug-likeness (QED) is 0.434. The van der Waals surface area contributed by atoms with Gasteiger partial charge in [0.1, 0.15) is 5.75 Å². The van der Waals surface area contributed by atoms with E-state index in [0.29, 0.717) is 18.8 Å². The number of primary amides is 1. The smallest absolute Gasteiger partial charge is 0.235 e. The Bertz CT molecular complexity index is 1140. The van der Waals surface area contributed by atoms with Gasteiger partial charge in [-0.1, -0.05) is 0 Å². The van der Waals surface area contributed by atoms with Gasteiger partial charge < -0.3 is 26.0 Å². The summed E-state index contributed by atoms with van der Waals surface area (Å²) in [5.74, 6) is -11.7. The van der Waals surface area contributed by atoms with Crippen LogP contribution in [0.25, 0.3) is 0 Å². The van der Waals surface area contributed by atoms with E-state index >= 15 is 0 Å². The molecule has 0 spiro atoms. The second-order valence-electron chi connectivity index (χ2n) is 9.56. The number of phenolic OH excluding ortho intramolecular Hbond substituents is 1. The molecule has 2 saturated carbocycles. The molecule has 5 N–H and O–H groups in total. The van der Waals surface area contributed by atoms with Crippen LogP contribution in [0, 0.1) is 23.7 Å². The van der Waals surface area contributed by atoms with Gasteiger partial charge in [0.25, 0.3) is 0 Å². The summed E-state index contributed by atoms with van der Waals surface area (Å²) in [5, 5.41) is 33.6. The Morgan fingerprint density at radius 1 is 1.12 bits per heavy atom. The minimum atomic E-state index is -2.76. The first-order valence-electron chi connectivity index (χ1n) is 11.3. The van der Waals surface area contributed by atoms with Gasteiger partial charge in [0, 0.05) is 42.6 Å². The van der Waals surface area contributed by atoms with Gasteiger partial charge in [-0.05, 0) is 39.3 Å². The minimum Gasteiger partial charge on any atom is -0.507 e. The number of aliphatic hydroxyl groups is 2. The summed E-state index contributed by atoms with van der Waals surface area (Å²) in [6, 6.07) is 2.90. The molecule has 4 rings (SSSR count). The number of hydrogen-bond donors (Lipinski definition) is 4. The Morgan fingerprint density at radius 2 is 1.74 bits per heavy atom. The first-order chi connectivity index (χ1) is 15.8. The van der Waals surface area contributed by atoms with Crippen molar-refractivity contribution in [3.63, 3.8) is 0 Å². The number of Topliss-reactive ketones (excluding diaryl/α,β-unsaturated/α-hetero) is 4. The van der Waals surface area contributed by atoms with Gasteiger partial charge >= 0.3 is 0 Å². The van der Waals surface area contributed by atoms with Gasteiger partial charge in [-0.2, -0.15) is 0 Å². The highest BCUT2D eigenvalue weighted by Crippen LogP contribution is 2.56. The first-order valence-corrected chi connectivity index (χ1v) is 11.3. The van der Waals surface area contributed by atoms with Gasteiger partial charge in [0.05, 0.1) is 17.1 Å². The number of carbonyl (C=O) groups excluding carboxylic acids is 5. The van der Waals surface area contributed by atoms with Gasteiger partial charge in [-0.3, -0.25) is 24.0 Å². The Labute approximate surface area is 195 Å². The van der Waals surface area contributed by atoms with Crippen LogP contribution in [0.1, 0.15) is 49.5 Å². The van der Waals surface area contributed by atoms with E-state index in [9.17, 15) is 39.3 Å². The number of nitrogens with zero attached hydrogens (tertiary/aromatic N) is 1. The van der Waals surface area contributed by atoms with Crippen molar-refractivity contribution in [1.82, 2.24) is 0 Å². The van der Waals surface area contributed by atoms with E-state index in [-0.39, 0.29) is 17.5 Å². The van der Waals surface area contributed by atoms with Crippen LogP contribution in [0.3, 0.4) is 0 Å². The molecule has 0 heterocycles. The number of anilines is 1. The molecule has 0 aromatic heterocycles. The highest BCUT2D eigenvalue weighted by molar-refractivity contribution is 6.31. The van der Waals surface area contributed by atoms with E-state index in [4.69, 9.17) is 5.73 Å².